The zero-order valence-electron chi connectivity index (χ0n) is 12.5. The maximum absolute atomic E-state index is 12.1. The molecule has 1 rings (SSSR count). The third-order valence-corrected chi connectivity index (χ3v) is 5.19. The lowest BCUT2D eigenvalue weighted by atomic mass is 9.88. The highest BCUT2D eigenvalue weighted by molar-refractivity contribution is 7.91. The molecule has 0 radical (unpaired) electrons. The van der Waals surface area contributed by atoms with Gasteiger partial charge in [0.25, 0.3) is 0 Å². The number of nitrogens with zero attached hydrogens (tertiary/aromatic N) is 1. The van der Waals surface area contributed by atoms with Crippen molar-refractivity contribution in [2.45, 2.75) is 38.6 Å². The summed E-state index contributed by atoms with van der Waals surface area (Å²) in [5, 5.41) is 11.9. The summed E-state index contributed by atoms with van der Waals surface area (Å²) in [6.45, 7) is 8.80. The number of nitriles is 1. The minimum Gasteiger partial charge on any atom is -0.313 e. The van der Waals surface area contributed by atoms with Gasteiger partial charge in [-0.15, -0.1) is 0 Å². The Kier molecular flexibility index (Phi) is 5.32. The SMILES string of the molecule is C[C@H](NCCS(=O)(=O)c1ccc(C#N)cc1)C(C)(C)C. The molecule has 5 heteroatoms. The van der Waals surface area contributed by atoms with Crippen molar-refractivity contribution in [2.24, 2.45) is 5.41 Å². The van der Waals surface area contributed by atoms with Crippen LogP contribution in [-0.4, -0.2) is 26.8 Å². The maximum atomic E-state index is 12.1. The van der Waals surface area contributed by atoms with Crippen LogP contribution < -0.4 is 5.32 Å². The van der Waals surface area contributed by atoms with E-state index in [2.05, 4.69) is 26.1 Å². The minimum absolute atomic E-state index is 0.0549. The molecule has 0 spiro atoms. The third kappa shape index (κ3) is 4.62. The fourth-order valence-electron chi connectivity index (χ4n) is 1.57. The largest absolute Gasteiger partial charge is 0.313 e. The Morgan fingerprint density at radius 2 is 1.80 bits per heavy atom. The molecule has 0 heterocycles. The second-order valence-electron chi connectivity index (χ2n) is 6.00. The van der Waals surface area contributed by atoms with Crippen molar-refractivity contribution in [3.05, 3.63) is 29.8 Å². The molecule has 0 amide bonds. The lowest BCUT2D eigenvalue weighted by molar-refractivity contribution is 0.291. The Hall–Kier alpha value is -1.38. The number of hydrogen-bond acceptors (Lipinski definition) is 4. The molecule has 0 fully saturated rings. The first-order chi connectivity index (χ1) is 9.16. The zero-order valence-corrected chi connectivity index (χ0v) is 13.3. The number of sulfone groups is 1. The van der Waals surface area contributed by atoms with Gasteiger partial charge in [0.2, 0.25) is 0 Å². The average Bonchev–Trinajstić information content (AvgIpc) is 2.37. The van der Waals surface area contributed by atoms with Gasteiger partial charge in [0.15, 0.2) is 9.84 Å². The van der Waals surface area contributed by atoms with Gasteiger partial charge in [0.05, 0.1) is 22.3 Å². The summed E-state index contributed by atoms with van der Waals surface area (Å²) in [4.78, 5) is 0.265. The average molecular weight is 294 g/mol. The number of benzene rings is 1. The van der Waals surface area contributed by atoms with E-state index in [0.717, 1.165) is 0 Å². The smallest absolute Gasteiger partial charge is 0.179 e. The second-order valence-corrected chi connectivity index (χ2v) is 8.11. The van der Waals surface area contributed by atoms with Gasteiger partial charge in [-0.3, -0.25) is 0 Å². The van der Waals surface area contributed by atoms with Gasteiger partial charge in [-0.1, -0.05) is 20.8 Å². The molecule has 0 bridgehead atoms. The van der Waals surface area contributed by atoms with Gasteiger partial charge in [-0.25, -0.2) is 8.42 Å². The van der Waals surface area contributed by atoms with Crippen LogP contribution in [0.25, 0.3) is 0 Å². The Bertz CT molecular complexity index is 578. The van der Waals surface area contributed by atoms with Crippen molar-refractivity contribution in [3.8, 4) is 6.07 Å². The molecule has 0 saturated carbocycles. The number of rotatable bonds is 5. The van der Waals surface area contributed by atoms with E-state index in [4.69, 9.17) is 5.26 Å². The lowest BCUT2D eigenvalue weighted by Crippen LogP contribution is -2.39. The van der Waals surface area contributed by atoms with Crippen LogP contribution in [0.3, 0.4) is 0 Å². The van der Waals surface area contributed by atoms with Crippen LogP contribution in [-0.2, 0) is 9.84 Å². The van der Waals surface area contributed by atoms with Crippen molar-refractivity contribution in [1.82, 2.24) is 5.32 Å². The predicted octanol–water partition coefficient (Wildman–Crippen LogP) is 2.36. The number of hydrogen-bond donors (Lipinski definition) is 1. The van der Waals surface area contributed by atoms with Crippen LogP contribution in [0.4, 0.5) is 0 Å². The van der Waals surface area contributed by atoms with Crippen LogP contribution in [0.15, 0.2) is 29.2 Å². The van der Waals surface area contributed by atoms with Crippen LogP contribution >= 0.6 is 0 Å². The molecule has 1 aromatic rings. The Balaban J connectivity index is 2.64. The van der Waals surface area contributed by atoms with E-state index < -0.39 is 9.84 Å². The first-order valence-corrected chi connectivity index (χ1v) is 8.28. The first-order valence-electron chi connectivity index (χ1n) is 6.63. The van der Waals surface area contributed by atoms with Crippen LogP contribution in [0.2, 0.25) is 0 Å². The monoisotopic (exact) mass is 294 g/mol. The topological polar surface area (TPSA) is 70.0 Å². The van der Waals surface area contributed by atoms with E-state index in [1.165, 1.54) is 24.3 Å². The quantitative estimate of drug-likeness (QED) is 0.905. The lowest BCUT2D eigenvalue weighted by Gasteiger charge is -2.28. The number of nitrogens with one attached hydrogen (secondary N) is 1. The third-order valence-electron chi connectivity index (χ3n) is 3.46. The van der Waals surface area contributed by atoms with E-state index in [1.54, 1.807) is 0 Å². The first kappa shape index (κ1) is 16.7. The van der Waals surface area contributed by atoms with Gasteiger partial charge in [0.1, 0.15) is 0 Å². The molecule has 0 aliphatic heterocycles. The molecular formula is C15H22N2O2S. The summed E-state index contributed by atoms with van der Waals surface area (Å²) in [6.07, 6.45) is 0. The van der Waals surface area contributed by atoms with Crippen molar-refractivity contribution < 1.29 is 8.42 Å². The molecule has 110 valence electrons. The summed E-state index contributed by atoms with van der Waals surface area (Å²) in [5.74, 6) is 0.0549. The zero-order chi connectivity index (χ0) is 15.4. The summed E-state index contributed by atoms with van der Waals surface area (Å²) >= 11 is 0. The van der Waals surface area contributed by atoms with Crippen molar-refractivity contribution >= 4 is 9.84 Å². The molecule has 0 aliphatic carbocycles. The van der Waals surface area contributed by atoms with Crippen LogP contribution in [0.5, 0.6) is 0 Å². The highest BCUT2D eigenvalue weighted by atomic mass is 32.2. The van der Waals surface area contributed by atoms with Gasteiger partial charge in [-0.2, -0.15) is 5.26 Å². The summed E-state index contributed by atoms with van der Waals surface area (Å²) in [6, 6.07) is 8.23. The molecular weight excluding hydrogens is 272 g/mol. The van der Waals surface area contributed by atoms with Crippen LogP contribution in [0.1, 0.15) is 33.3 Å². The van der Waals surface area contributed by atoms with Crippen molar-refractivity contribution in [3.63, 3.8) is 0 Å². The molecule has 1 atom stereocenters. The highest BCUT2D eigenvalue weighted by Crippen LogP contribution is 2.18. The highest BCUT2D eigenvalue weighted by Gasteiger charge is 2.20. The fraction of sp³-hybridized carbons (Fsp3) is 0.533. The summed E-state index contributed by atoms with van der Waals surface area (Å²) in [5.41, 5.74) is 0.557. The van der Waals surface area contributed by atoms with Gasteiger partial charge in [-0.05, 0) is 36.6 Å². The van der Waals surface area contributed by atoms with Crippen molar-refractivity contribution in [2.75, 3.05) is 12.3 Å². The molecule has 1 N–H and O–H groups in total. The van der Waals surface area contributed by atoms with Gasteiger partial charge >= 0.3 is 0 Å². The molecule has 0 aliphatic rings. The Morgan fingerprint density at radius 1 is 1.25 bits per heavy atom. The predicted molar refractivity (Wildman–Crippen MR) is 80.1 cm³/mol. The standard InChI is InChI=1S/C15H22N2O2S/c1-12(15(2,3)4)17-9-10-20(18,19)14-7-5-13(11-16)6-8-14/h5-8,12,17H,9-10H2,1-4H3/t12-/m0/s1. The molecule has 1 aromatic carbocycles. The normalized spacial score (nSPS) is 13.8. The van der Waals surface area contributed by atoms with E-state index in [1.807, 2.05) is 13.0 Å². The molecule has 0 saturated heterocycles. The maximum Gasteiger partial charge on any atom is 0.179 e. The second kappa shape index (κ2) is 6.38. The Morgan fingerprint density at radius 3 is 2.25 bits per heavy atom. The van der Waals surface area contributed by atoms with E-state index in [-0.39, 0.29) is 22.1 Å². The summed E-state index contributed by atoms with van der Waals surface area (Å²) in [7, 11) is -3.30. The summed E-state index contributed by atoms with van der Waals surface area (Å²) < 4.78 is 24.3. The van der Waals surface area contributed by atoms with Gasteiger partial charge < -0.3 is 5.32 Å². The van der Waals surface area contributed by atoms with Gasteiger partial charge in [0, 0.05) is 12.6 Å². The molecule has 20 heavy (non-hydrogen) atoms. The fourth-order valence-corrected chi connectivity index (χ4v) is 2.74. The van der Waals surface area contributed by atoms with E-state index in [0.29, 0.717) is 12.1 Å². The molecule has 4 nitrogen and oxygen atoms in total. The molecule has 0 aromatic heterocycles. The van der Waals surface area contributed by atoms with Crippen molar-refractivity contribution in [1.29, 1.82) is 5.26 Å². The van der Waals surface area contributed by atoms with E-state index in [9.17, 15) is 8.42 Å². The van der Waals surface area contributed by atoms with Crippen LogP contribution in [0, 0.1) is 16.7 Å². The molecule has 0 unspecified atom stereocenters. The van der Waals surface area contributed by atoms with E-state index >= 15 is 0 Å². The Labute approximate surface area is 121 Å². The minimum atomic E-state index is -3.30.